The third-order valence-electron chi connectivity index (χ3n) is 1.66. The topological polar surface area (TPSA) is 56.7 Å². The predicted octanol–water partition coefficient (Wildman–Crippen LogP) is 1.64. The smallest absolute Gasteiger partial charge is 0.195 e. The van der Waals surface area contributed by atoms with Gasteiger partial charge in [-0.1, -0.05) is 23.7 Å². The zero-order chi connectivity index (χ0) is 10.1. The Morgan fingerprint density at radius 1 is 1.29 bits per heavy atom. The number of nitrogen functional groups attached to an aromatic ring is 1. The van der Waals surface area contributed by atoms with Crippen LogP contribution in [0.1, 0.15) is 0 Å². The highest BCUT2D eigenvalue weighted by molar-refractivity contribution is 6.31. The number of hydrogen-bond acceptors (Lipinski definition) is 3. The molecule has 1 aromatic heterocycles. The number of benzene rings is 1. The Labute approximate surface area is 84.1 Å². The van der Waals surface area contributed by atoms with Gasteiger partial charge < -0.3 is 5.73 Å². The third kappa shape index (κ3) is 1.42. The molecule has 4 nitrogen and oxygen atoms in total. The molecule has 0 radical (unpaired) electrons. The fourth-order valence-corrected chi connectivity index (χ4v) is 1.13. The summed E-state index contributed by atoms with van der Waals surface area (Å²) in [6, 6.07) is 6.09. The Hall–Kier alpha value is -1.62. The molecule has 2 rings (SSSR count). The number of aromatic nitrogens is 3. The lowest BCUT2D eigenvalue weighted by molar-refractivity contribution is 0.597. The highest BCUT2D eigenvalue weighted by Crippen LogP contribution is 2.16. The van der Waals surface area contributed by atoms with Gasteiger partial charge in [-0.3, -0.25) is 0 Å². The summed E-state index contributed by atoms with van der Waals surface area (Å²) in [5.74, 6) is -0.353. The van der Waals surface area contributed by atoms with Crippen molar-refractivity contribution in [1.82, 2.24) is 15.0 Å². The number of nitrogens with zero attached hydrogens (tertiary/aromatic N) is 3. The zero-order valence-corrected chi connectivity index (χ0v) is 7.74. The van der Waals surface area contributed by atoms with Crippen molar-refractivity contribution in [1.29, 1.82) is 0 Å². The SMILES string of the molecule is Nc1nn(-c2ccccc2F)nc1Cl. The molecule has 0 aliphatic heterocycles. The largest absolute Gasteiger partial charge is 0.380 e. The summed E-state index contributed by atoms with van der Waals surface area (Å²) in [6.07, 6.45) is 0. The third-order valence-corrected chi connectivity index (χ3v) is 1.93. The molecule has 1 heterocycles. The number of halogens is 2. The maximum atomic E-state index is 13.2. The van der Waals surface area contributed by atoms with Gasteiger partial charge in [0.1, 0.15) is 5.69 Å². The molecule has 72 valence electrons. The monoisotopic (exact) mass is 212 g/mol. The minimum absolute atomic E-state index is 0.0632. The first kappa shape index (κ1) is 8.96. The van der Waals surface area contributed by atoms with E-state index in [0.717, 1.165) is 4.80 Å². The second-order valence-corrected chi connectivity index (χ2v) is 2.97. The Bertz CT molecular complexity index is 449. The van der Waals surface area contributed by atoms with E-state index in [4.69, 9.17) is 17.3 Å². The molecule has 0 amide bonds. The first-order valence-electron chi connectivity index (χ1n) is 3.81. The lowest BCUT2D eigenvalue weighted by Crippen LogP contribution is -2.01. The summed E-state index contributed by atoms with van der Waals surface area (Å²) in [4.78, 5) is 1.06. The number of rotatable bonds is 1. The molecule has 0 fully saturated rings. The van der Waals surface area contributed by atoms with E-state index >= 15 is 0 Å². The molecule has 6 heteroatoms. The summed E-state index contributed by atoms with van der Waals surface area (Å²) in [7, 11) is 0. The lowest BCUT2D eigenvalue weighted by atomic mass is 10.3. The Balaban J connectivity index is 2.55. The molecule has 0 aliphatic rings. The van der Waals surface area contributed by atoms with Crippen LogP contribution in [0.5, 0.6) is 0 Å². The molecule has 0 unspecified atom stereocenters. The van der Waals surface area contributed by atoms with Gasteiger partial charge in [-0.15, -0.1) is 15.0 Å². The average Bonchev–Trinajstić information content (AvgIpc) is 2.48. The van der Waals surface area contributed by atoms with E-state index in [-0.39, 0.29) is 16.7 Å². The van der Waals surface area contributed by atoms with Gasteiger partial charge >= 0.3 is 0 Å². The fraction of sp³-hybridized carbons (Fsp3) is 0. The minimum Gasteiger partial charge on any atom is -0.380 e. The second kappa shape index (κ2) is 3.26. The Morgan fingerprint density at radius 3 is 2.57 bits per heavy atom. The van der Waals surface area contributed by atoms with E-state index in [9.17, 15) is 4.39 Å². The normalized spacial score (nSPS) is 10.4. The first-order chi connectivity index (χ1) is 6.68. The van der Waals surface area contributed by atoms with E-state index in [2.05, 4.69) is 10.2 Å². The van der Waals surface area contributed by atoms with Crippen LogP contribution in [-0.2, 0) is 0 Å². The molecule has 0 bridgehead atoms. The molecule has 14 heavy (non-hydrogen) atoms. The van der Waals surface area contributed by atoms with Crippen molar-refractivity contribution in [3.8, 4) is 5.69 Å². The van der Waals surface area contributed by atoms with Crippen LogP contribution in [0, 0.1) is 5.82 Å². The molecular formula is C8H6ClFN4. The summed E-state index contributed by atoms with van der Waals surface area (Å²) >= 11 is 5.59. The molecule has 0 saturated heterocycles. The fourth-order valence-electron chi connectivity index (χ4n) is 1.02. The molecule has 0 saturated carbocycles. The van der Waals surface area contributed by atoms with Gasteiger partial charge in [-0.25, -0.2) is 4.39 Å². The van der Waals surface area contributed by atoms with Crippen LogP contribution in [-0.4, -0.2) is 15.0 Å². The van der Waals surface area contributed by atoms with E-state index in [1.165, 1.54) is 12.1 Å². The van der Waals surface area contributed by atoms with Crippen LogP contribution in [0.2, 0.25) is 5.15 Å². The van der Waals surface area contributed by atoms with Gasteiger partial charge in [0, 0.05) is 0 Å². The van der Waals surface area contributed by atoms with Crippen LogP contribution in [0.4, 0.5) is 10.2 Å². The van der Waals surface area contributed by atoms with Crippen LogP contribution < -0.4 is 5.73 Å². The van der Waals surface area contributed by atoms with Gasteiger partial charge in [0.25, 0.3) is 0 Å². The van der Waals surface area contributed by atoms with Crippen LogP contribution in [0.25, 0.3) is 5.69 Å². The highest BCUT2D eigenvalue weighted by atomic mass is 35.5. The standard InChI is InChI=1S/C8H6ClFN4/c9-7-8(11)13-14(12-7)6-4-2-1-3-5(6)10/h1-4H,(H2,11,13). The van der Waals surface area contributed by atoms with Crippen molar-refractivity contribution < 1.29 is 4.39 Å². The van der Waals surface area contributed by atoms with Crippen molar-refractivity contribution in [2.45, 2.75) is 0 Å². The second-order valence-electron chi connectivity index (χ2n) is 2.62. The lowest BCUT2D eigenvalue weighted by Gasteiger charge is -1.98. The number of nitrogens with two attached hydrogens (primary N) is 1. The van der Waals surface area contributed by atoms with E-state index < -0.39 is 5.82 Å². The molecular weight excluding hydrogens is 207 g/mol. The predicted molar refractivity (Wildman–Crippen MR) is 50.7 cm³/mol. The summed E-state index contributed by atoms with van der Waals surface area (Å²) < 4.78 is 13.2. The molecule has 0 spiro atoms. The average molecular weight is 213 g/mol. The quantitative estimate of drug-likeness (QED) is 0.782. The molecule has 2 N–H and O–H groups in total. The van der Waals surface area contributed by atoms with Gasteiger partial charge in [0.05, 0.1) is 0 Å². The van der Waals surface area contributed by atoms with Crippen molar-refractivity contribution in [2.75, 3.05) is 5.73 Å². The number of hydrogen-bond donors (Lipinski definition) is 1. The highest BCUT2D eigenvalue weighted by Gasteiger charge is 2.09. The van der Waals surface area contributed by atoms with Crippen molar-refractivity contribution in [2.24, 2.45) is 0 Å². The Morgan fingerprint density at radius 2 is 2.00 bits per heavy atom. The van der Waals surface area contributed by atoms with E-state index in [0.29, 0.717) is 0 Å². The molecule has 0 aliphatic carbocycles. The van der Waals surface area contributed by atoms with Crippen molar-refractivity contribution in [3.05, 3.63) is 35.2 Å². The van der Waals surface area contributed by atoms with Gasteiger partial charge in [-0.2, -0.15) is 0 Å². The Kier molecular flexibility index (Phi) is 2.09. The van der Waals surface area contributed by atoms with Crippen LogP contribution in [0.3, 0.4) is 0 Å². The minimum atomic E-state index is -0.431. The van der Waals surface area contributed by atoms with Crippen LogP contribution in [0.15, 0.2) is 24.3 Å². The van der Waals surface area contributed by atoms with Gasteiger partial charge in [-0.05, 0) is 12.1 Å². The molecule has 2 aromatic rings. The molecule has 1 aromatic carbocycles. The number of para-hydroxylation sites is 1. The number of anilines is 1. The van der Waals surface area contributed by atoms with E-state index in [1.807, 2.05) is 0 Å². The maximum Gasteiger partial charge on any atom is 0.195 e. The molecule has 0 atom stereocenters. The summed E-state index contributed by atoms with van der Waals surface area (Å²) in [5, 5.41) is 7.56. The zero-order valence-electron chi connectivity index (χ0n) is 6.98. The van der Waals surface area contributed by atoms with Crippen LogP contribution >= 0.6 is 11.6 Å². The summed E-state index contributed by atoms with van der Waals surface area (Å²) in [6.45, 7) is 0. The van der Waals surface area contributed by atoms with Crippen molar-refractivity contribution >= 4 is 17.4 Å². The van der Waals surface area contributed by atoms with Gasteiger partial charge in [0.15, 0.2) is 16.8 Å². The van der Waals surface area contributed by atoms with Crippen molar-refractivity contribution in [3.63, 3.8) is 0 Å². The van der Waals surface area contributed by atoms with E-state index in [1.54, 1.807) is 12.1 Å². The summed E-state index contributed by atoms with van der Waals surface area (Å²) in [5.41, 5.74) is 5.59. The maximum absolute atomic E-state index is 13.2. The first-order valence-corrected chi connectivity index (χ1v) is 4.19. The van der Waals surface area contributed by atoms with Gasteiger partial charge in [0.2, 0.25) is 0 Å².